The van der Waals surface area contributed by atoms with Gasteiger partial charge in [0.25, 0.3) is 0 Å². The van der Waals surface area contributed by atoms with E-state index in [9.17, 15) is 13.2 Å². The van der Waals surface area contributed by atoms with Crippen LogP contribution >= 0.6 is 0 Å². The first-order valence-corrected chi connectivity index (χ1v) is 8.77. The second-order valence-electron chi connectivity index (χ2n) is 5.09. The summed E-state index contributed by atoms with van der Waals surface area (Å²) in [6, 6.07) is 5.03. The van der Waals surface area contributed by atoms with E-state index in [1.165, 1.54) is 0 Å². The van der Waals surface area contributed by atoms with Gasteiger partial charge in [-0.25, -0.2) is 13.2 Å². The Labute approximate surface area is 124 Å². The van der Waals surface area contributed by atoms with Gasteiger partial charge in [-0.15, -0.1) is 0 Å². The highest BCUT2D eigenvalue weighted by Gasteiger charge is 2.23. The van der Waals surface area contributed by atoms with Gasteiger partial charge >= 0.3 is 5.97 Å². The Kier molecular flexibility index (Phi) is 4.72. The van der Waals surface area contributed by atoms with E-state index in [-0.39, 0.29) is 17.5 Å². The Balaban J connectivity index is 2.03. The van der Waals surface area contributed by atoms with Crippen LogP contribution in [-0.4, -0.2) is 38.5 Å². The van der Waals surface area contributed by atoms with Gasteiger partial charge in [0.05, 0.1) is 35.1 Å². The first-order chi connectivity index (χ1) is 9.91. The number of nitrogens with two attached hydrogens (primary N) is 1. The number of carbonyl (C=O) groups is 1. The van der Waals surface area contributed by atoms with Gasteiger partial charge in [0, 0.05) is 6.04 Å². The number of ether oxygens (including phenoxy) is 1. The lowest BCUT2D eigenvalue weighted by Gasteiger charge is -2.24. The molecule has 3 N–H and O–H groups in total. The highest BCUT2D eigenvalue weighted by Crippen LogP contribution is 2.24. The van der Waals surface area contributed by atoms with Crippen molar-refractivity contribution in [3.05, 3.63) is 23.8 Å². The van der Waals surface area contributed by atoms with Crippen LogP contribution in [0.5, 0.6) is 0 Å². The standard InChI is InChI=1S/C14H20N2O4S/c1-2-20-14(17)10-3-4-13(12(15)9-10)16-11-5-7-21(18,19)8-6-11/h3-4,9,11,16H,2,5-8,15H2,1H3. The third-order valence-corrected chi connectivity index (χ3v) is 5.19. The lowest BCUT2D eigenvalue weighted by atomic mass is 10.1. The van der Waals surface area contributed by atoms with Gasteiger partial charge in [0.1, 0.15) is 9.84 Å². The maximum atomic E-state index is 11.6. The average Bonchev–Trinajstić information content (AvgIpc) is 2.43. The number of anilines is 2. The molecule has 0 radical (unpaired) electrons. The van der Waals surface area contributed by atoms with Crippen molar-refractivity contribution in [2.75, 3.05) is 29.2 Å². The molecule has 1 aromatic carbocycles. The number of hydrogen-bond acceptors (Lipinski definition) is 6. The van der Waals surface area contributed by atoms with E-state index < -0.39 is 15.8 Å². The number of benzene rings is 1. The van der Waals surface area contributed by atoms with Crippen LogP contribution < -0.4 is 11.1 Å². The zero-order valence-electron chi connectivity index (χ0n) is 12.0. The molecule has 0 spiro atoms. The largest absolute Gasteiger partial charge is 0.462 e. The molecule has 0 unspecified atom stereocenters. The molecule has 0 saturated carbocycles. The van der Waals surface area contributed by atoms with E-state index >= 15 is 0 Å². The molecule has 1 aliphatic heterocycles. The average molecular weight is 312 g/mol. The zero-order chi connectivity index (χ0) is 15.5. The summed E-state index contributed by atoms with van der Waals surface area (Å²) in [7, 11) is -2.87. The molecule has 2 rings (SSSR count). The van der Waals surface area contributed by atoms with Gasteiger partial charge in [0.15, 0.2) is 0 Å². The van der Waals surface area contributed by atoms with E-state index in [4.69, 9.17) is 10.5 Å². The molecule has 21 heavy (non-hydrogen) atoms. The van der Waals surface area contributed by atoms with Crippen molar-refractivity contribution in [2.45, 2.75) is 25.8 Å². The monoisotopic (exact) mass is 312 g/mol. The number of nitrogens with one attached hydrogen (secondary N) is 1. The third-order valence-electron chi connectivity index (χ3n) is 3.48. The Morgan fingerprint density at radius 2 is 2.05 bits per heavy atom. The topological polar surface area (TPSA) is 98.5 Å². The van der Waals surface area contributed by atoms with Crippen LogP contribution in [0.2, 0.25) is 0 Å². The van der Waals surface area contributed by atoms with Crippen molar-refractivity contribution >= 4 is 27.2 Å². The van der Waals surface area contributed by atoms with E-state index in [2.05, 4.69) is 5.32 Å². The Morgan fingerprint density at radius 3 is 2.62 bits per heavy atom. The second-order valence-corrected chi connectivity index (χ2v) is 7.40. The molecular weight excluding hydrogens is 292 g/mol. The van der Waals surface area contributed by atoms with Crippen LogP contribution in [0.3, 0.4) is 0 Å². The van der Waals surface area contributed by atoms with E-state index in [0.29, 0.717) is 36.4 Å². The van der Waals surface area contributed by atoms with Gasteiger partial charge in [-0.2, -0.15) is 0 Å². The summed E-state index contributed by atoms with van der Waals surface area (Å²) in [5.74, 6) is -0.00347. The van der Waals surface area contributed by atoms with E-state index in [1.54, 1.807) is 25.1 Å². The van der Waals surface area contributed by atoms with Crippen LogP contribution in [0.1, 0.15) is 30.1 Å². The van der Waals surface area contributed by atoms with Gasteiger partial charge in [0.2, 0.25) is 0 Å². The molecule has 1 heterocycles. The van der Waals surface area contributed by atoms with Crippen molar-refractivity contribution < 1.29 is 17.9 Å². The quantitative estimate of drug-likeness (QED) is 0.645. The fourth-order valence-electron chi connectivity index (χ4n) is 2.29. The number of nitrogen functional groups attached to an aromatic ring is 1. The smallest absolute Gasteiger partial charge is 0.338 e. The second kappa shape index (κ2) is 6.34. The fourth-order valence-corrected chi connectivity index (χ4v) is 3.78. The van der Waals surface area contributed by atoms with Gasteiger partial charge in [-0.3, -0.25) is 0 Å². The minimum atomic E-state index is -2.87. The normalized spacial score (nSPS) is 18.1. The molecule has 0 aromatic heterocycles. The van der Waals surface area contributed by atoms with Crippen LogP contribution in [0.25, 0.3) is 0 Å². The minimum Gasteiger partial charge on any atom is -0.462 e. The molecule has 0 aliphatic carbocycles. The highest BCUT2D eigenvalue weighted by atomic mass is 32.2. The lowest BCUT2D eigenvalue weighted by molar-refractivity contribution is 0.0526. The zero-order valence-corrected chi connectivity index (χ0v) is 12.8. The summed E-state index contributed by atoms with van der Waals surface area (Å²) in [5, 5.41) is 3.24. The number of hydrogen-bond donors (Lipinski definition) is 2. The predicted molar refractivity (Wildman–Crippen MR) is 82.1 cm³/mol. The highest BCUT2D eigenvalue weighted by molar-refractivity contribution is 7.91. The van der Waals surface area contributed by atoms with E-state index in [1.807, 2.05) is 0 Å². The van der Waals surface area contributed by atoms with Crippen molar-refractivity contribution in [3.63, 3.8) is 0 Å². The van der Waals surface area contributed by atoms with Crippen molar-refractivity contribution in [1.82, 2.24) is 0 Å². The number of carbonyl (C=O) groups excluding carboxylic acids is 1. The summed E-state index contributed by atoms with van der Waals surface area (Å²) in [5.41, 5.74) is 7.51. The van der Waals surface area contributed by atoms with Crippen LogP contribution in [0.15, 0.2) is 18.2 Å². The Bertz CT molecular complexity index is 614. The molecule has 0 atom stereocenters. The molecule has 116 valence electrons. The lowest BCUT2D eigenvalue weighted by Crippen LogP contribution is -2.32. The molecule has 7 heteroatoms. The van der Waals surface area contributed by atoms with Crippen LogP contribution in [-0.2, 0) is 14.6 Å². The molecule has 1 saturated heterocycles. The first kappa shape index (κ1) is 15.6. The summed E-state index contributed by atoms with van der Waals surface area (Å²) >= 11 is 0. The maximum absolute atomic E-state index is 11.6. The Morgan fingerprint density at radius 1 is 1.38 bits per heavy atom. The summed E-state index contributed by atoms with van der Waals surface area (Å²) in [4.78, 5) is 11.6. The fraction of sp³-hybridized carbons (Fsp3) is 0.500. The number of sulfone groups is 1. The van der Waals surface area contributed by atoms with Gasteiger partial charge in [-0.05, 0) is 38.0 Å². The summed E-state index contributed by atoms with van der Waals surface area (Å²) in [6.07, 6.45) is 1.14. The number of esters is 1. The van der Waals surface area contributed by atoms with Crippen LogP contribution in [0.4, 0.5) is 11.4 Å². The molecule has 1 aliphatic rings. The maximum Gasteiger partial charge on any atom is 0.338 e. The molecule has 1 fully saturated rings. The first-order valence-electron chi connectivity index (χ1n) is 6.95. The number of rotatable bonds is 4. The van der Waals surface area contributed by atoms with Crippen LogP contribution in [0, 0.1) is 0 Å². The molecule has 1 aromatic rings. The summed E-state index contributed by atoms with van der Waals surface area (Å²) < 4.78 is 27.7. The Hall–Kier alpha value is -1.76. The summed E-state index contributed by atoms with van der Waals surface area (Å²) in [6.45, 7) is 2.06. The van der Waals surface area contributed by atoms with Crippen molar-refractivity contribution in [1.29, 1.82) is 0 Å². The van der Waals surface area contributed by atoms with Crippen molar-refractivity contribution in [3.8, 4) is 0 Å². The predicted octanol–water partition coefficient (Wildman–Crippen LogP) is 1.43. The SMILES string of the molecule is CCOC(=O)c1ccc(NC2CCS(=O)(=O)CC2)c(N)c1. The van der Waals surface area contributed by atoms with Crippen molar-refractivity contribution in [2.24, 2.45) is 0 Å². The van der Waals surface area contributed by atoms with Gasteiger partial charge < -0.3 is 15.8 Å². The molecule has 6 nitrogen and oxygen atoms in total. The molecule has 0 bridgehead atoms. The molecular formula is C14H20N2O4S. The van der Waals surface area contributed by atoms with Gasteiger partial charge in [-0.1, -0.05) is 0 Å². The third kappa shape index (κ3) is 4.10. The van der Waals surface area contributed by atoms with E-state index in [0.717, 1.165) is 0 Å². The molecule has 0 amide bonds. The minimum absolute atomic E-state index is 0.0873.